The average Bonchev–Trinajstić information content (AvgIpc) is 3.34. The van der Waals surface area contributed by atoms with Crippen molar-refractivity contribution in [3.63, 3.8) is 0 Å². The smallest absolute Gasteiger partial charge is 0.282 e. The Kier molecular flexibility index (Phi) is 4.00. The number of hydrogen-bond acceptors (Lipinski definition) is 6. The molecule has 0 saturated heterocycles. The molecule has 6 nitrogen and oxygen atoms in total. The molecule has 5 aromatic rings. The van der Waals surface area contributed by atoms with Gasteiger partial charge in [0, 0.05) is 0 Å². The lowest BCUT2D eigenvalue weighted by atomic mass is 10.2. The minimum absolute atomic E-state index is 0.220. The van der Waals surface area contributed by atoms with E-state index in [2.05, 4.69) is 15.1 Å². The number of aromatic amines is 1. The number of para-hydroxylation sites is 2. The van der Waals surface area contributed by atoms with Crippen LogP contribution in [0, 0.1) is 4.77 Å². The number of H-pyrrole nitrogens is 1. The maximum atomic E-state index is 12.6. The predicted octanol–water partition coefficient (Wildman–Crippen LogP) is 4.81. The Hall–Kier alpha value is -3.36. The van der Waals surface area contributed by atoms with Crippen molar-refractivity contribution >= 4 is 50.9 Å². The molecule has 0 unspecified atom stereocenters. The van der Waals surface area contributed by atoms with Crippen molar-refractivity contribution in [1.82, 2.24) is 14.6 Å². The molecule has 136 valence electrons. The van der Waals surface area contributed by atoms with Gasteiger partial charge in [-0.05, 0) is 48.6 Å². The van der Waals surface area contributed by atoms with Crippen LogP contribution in [0.5, 0.6) is 0 Å². The van der Waals surface area contributed by atoms with E-state index in [-0.39, 0.29) is 10.3 Å². The van der Waals surface area contributed by atoms with Gasteiger partial charge in [-0.15, -0.1) is 11.3 Å². The third-order valence-corrected chi connectivity index (χ3v) is 5.54. The molecule has 3 heterocycles. The van der Waals surface area contributed by atoms with E-state index < -0.39 is 0 Å². The summed E-state index contributed by atoms with van der Waals surface area (Å²) in [5.74, 6) is 1.15. The van der Waals surface area contributed by atoms with Crippen molar-refractivity contribution in [3.8, 4) is 10.8 Å². The fraction of sp³-hybridized carbons (Fsp3) is 0. The summed E-state index contributed by atoms with van der Waals surface area (Å²) < 4.78 is 8.29. The van der Waals surface area contributed by atoms with Crippen molar-refractivity contribution in [2.75, 3.05) is 0 Å². The molecule has 0 spiro atoms. The number of rotatable bonds is 3. The first-order valence-corrected chi connectivity index (χ1v) is 9.66. The normalized spacial score (nSPS) is 11.7. The topological polar surface area (TPSA) is 76.2 Å². The molecular formula is C20H12N4O2S2. The van der Waals surface area contributed by atoms with Gasteiger partial charge in [-0.3, -0.25) is 4.79 Å². The standard InChI is InChI=1S/C20H12N4O2S2/c25-19-13-5-1-2-6-14(13)23-20(27)24(19)21-11-12-9-10-16(26-12)18-22-15-7-3-4-8-17(15)28-18/h1-11H,(H,23,27)/b21-11-. The SMILES string of the molecule is O=c1c2ccccc2[nH]c(=S)n1/N=C\c1ccc(-c2nc3ccccc3s2)o1. The summed E-state index contributed by atoms with van der Waals surface area (Å²) in [6, 6.07) is 18.7. The zero-order chi connectivity index (χ0) is 19.1. The fourth-order valence-corrected chi connectivity index (χ4v) is 4.05. The number of nitrogens with zero attached hydrogens (tertiary/aromatic N) is 3. The maximum absolute atomic E-state index is 12.6. The van der Waals surface area contributed by atoms with Crippen molar-refractivity contribution in [2.24, 2.45) is 5.10 Å². The second kappa shape index (κ2) is 6.66. The second-order valence-electron chi connectivity index (χ2n) is 6.03. The van der Waals surface area contributed by atoms with Gasteiger partial charge in [0.05, 0.1) is 27.3 Å². The monoisotopic (exact) mass is 404 g/mol. The van der Waals surface area contributed by atoms with Crippen LogP contribution in [0.3, 0.4) is 0 Å². The summed E-state index contributed by atoms with van der Waals surface area (Å²) in [5, 5.41) is 5.52. The highest BCUT2D eigenvalue weighted by atomic mass is 32.1. The molecule has 0 saturated carbocycles. The Labute approximate surface area is 167 Å². The molecule has 0 aliphatic heterocycles. The molecule has 1 N–H and O–H groups in total. The number of furan rings is 1. The lowest BCUT2D eigenvalue weighted by Crippen LogP contribution is -2.18. The Balaban J connectivity index is 1.51. The summed E-state index contributed by atoms with van der Waals surface area (Å²) >= 11 is 6.81. The summed E-state index contributed by atoms with van der Waals surface area (Å²) in [4.78, 5) is 20.2. The van der Waals surface area contributed by atoms with E-state index >= 15 is 0 Å². The van der Waals surface area contributed by atoms with Crippen molar-refractivity contribution in [3.05, 3.63) is 81.5 Å². The summed E-state index contributed by atoms with van der Waals surface area (Å²) in [5.41, 5.74) is 1.33. The van der Waals surface area contributed by atoms with Crippen LogP contribution in [-0.4, -0.2) is 20.9 Å². The third kappa shape index (κ3) is 2.88. The van der Waals surface area contributed by atoms with E-state index in [0.29, 0.717) is 22.4 Å². The van der Waals surface area contributed by atoms with Gasteiger partial charge in [0.25, 0.3) is 5.56 Å². The van der Waals surface area contributed by atoms with Gasteiger partial charge in [0.1, 0.15) is 5.76 Å². The first-order chi connectivity index (χ1) is 13.7. The average molecular weight is 404 g/mol. The molecule has 0 amide bonds. The van der Waals surface area contributed by atoms with Gasteiger partial charge in [-0.1, -0.05) is 24.3 Å². The van der Waals surface area contributed by atoms with Crippen LogP contribution in [0.1, 0.15) is 5.76 Å². The predicted molar refractivity (Wildman–Crippen MR) is 114 cm³/mol. The van der Waals surface area contributed by atoms with Crippen LogP contribution in [0.15, 0.2) is 75.0 Å². The highest BCUT2D eigenvalue weighted by Crippen LogP contribution is 2.30. The molecule has 0 aliphatic rings. The van der Waals surface area contributed by atoms with E-state index in [1.54, 1.807) is 35.6 Å². The lowest BCUT2D eigenvalue weighted by Gasteiger charge is -2.01. The molecule has 5 rings (SSSR count). The van der Waals surface area contributed by atoms with Gasteiger partial charge >= 0.3 is 0 Å². The Bertz CT molecular complexity index is 1440. The highest BCUT2D eigenvalue weighted by molar-refractivity contribution is 7.71. The van der Waals surface area contributed by atoms with E-state index in [9.17, 15) is 4.79 Å². The Morgan fingerprint density at radius 2 is 1.93 bits per heavy atom. The number of thiazole rings is 1. The molecule has 0 atom stereocenters. The van der Waals surface area contributed by atoms with E-state index in [0.717, 1.165) is 19.9 Å². The molecular weight excluding hydrogens is 392 g/mol. The largest absolute Gasteiger partial charge is 0.453 e. The third-order valence-electron chi connectivity index (χ3n) is 4.22. The van der Waals surface area contributed by atoms with E-state index in [1.165, 1.54) is 6.21 Å². The summed E-state index contributed by atoms with van der Waals surface area (Å²) in [6.07, 6.45) is 1.47. The zero-order valence-electron chi connectivity index (χ0n) is 14.3. The van der Waals surface area contributed by atoms with Gasteiger partial charge < -0.3 is 9.40 Å². The van der Waals surface area contributed by atoms with E-state index in [4.69, 9.17) is 16.6 Å². The number of nitrogens with one attached hydrogen (secondary N) is 1. The van der Waals surface area contributed by atoms with Crippen LogP contribution < -0.4 is 5.56 Å². The quantitative estimate of drug-likeness (QED) is 0.346. The molecule has 0 radical (unpaired) electrons. The van der Waals surface area contributed by atoms with Crippen LogP contribution in [0.25, 0.3) is 31.9 Å². The molecule has 8 heteroatoms. The number of benzene rings is 2. The van der Waals surface area contributed by atoms with Gasteiger partial charge in [-0.25, -0.2) is 4.98 Å². The highest BCUT2D eigenvalue weighted by Gasteiger charge is 2.10. The second-order valence-corrected chi connectivity index (χ2v) is 7.44. The molecule has 2 aromatic carbocycles. The molecule has 28 heavy (non-hydrogen) atoms. The van der Waals surface area contributed by atoms with Crippen molar-refractivity contribution < 1.29 is 4.42 Å². The van der Waals surface area contributed by atoms with Crippen molar-refractivity contribution in [2.45, 2.75) is 0 Å². The maximum Gasteiger partial charge on any atom is 0.282 e. The minimum Gasteiger partial charge on any atom is -0.453 e. The molecule has 0 bridgehead atoms. The summed E-state index contributed by atoms with van der Waals surface area (Å²) in [7, 11) is 0. The number of hydrogen-bond donors (Lipinski definition) is 1. The summed E-state index contributed by atoms with van der Waals surface area (Å²) in [6.45, 7) is 0. The molecule has 0 fully saturated rings. The van der Waals surface area contributed by atoms with Gasteiger partial charge in [0.2, 0.25) is 4.77 Å². The van der Waals surface area contributed by atoms with Gasteiger partial charge in [-0.2, -0.15) is 9.78 Å². The molecule has 0 aliphatic carbocycles. The number of fused-ring (bicyclic) bond motifs is 2. The first-order valence-electron chi connectivity index (χ1n) is 8.43. The Morgan fingerprint density at radius 1 is 1.11 bits per heavy atom. The number of aromatic nitrogens is 3. The fourth-order valence-electron chi connectivity index (χ4n) is 2.89. The van der Waals surface area contributed by atoms with Gasteiger partial charge in [0.15, 0.2) is 10.8 Å². The zero-order valence-corrected chi connectivity index (χ0v) is 16.0. The van der Waals surface area contributed by atoms with Crippen molar-refractivity contribution in [1.29, 1.82) is 0 Å². The molecule has 3 aromatic heterocycles. The first kappa shape index (κ1) is 16.8. The minimum atomic E-state index is -0.284. The Morgan fingerprint density at radius 3 is 2.82 bits per heavy atom. The lowest BCUT2D eigenvalue weighted by molar-refractivity contribution is 0.573. The van der Waals surface area contributed by atoms with Crippen LogP contribution in [0.2, 0.25) is 0 Å². The van der Waals surface area contributed by atoms with Crippen LogP contribution in [-0.2, 0) is 0 Å². The van der Waals surface area contributed by atoms with Crippen LogP contribution >= 0.6 is 23.6 Å². The van der Waals surface area contributed by atoms with Crippen LogP contribution in [0.4, 0.5) is 0 Å². The van der Waals surface area contributed by atoms with E-state index in [1.807, 2.05) is 36.4 Å².